The minimum atomic E-state index is -0.331. The van der Waals surface area contributed by atoms with Crippen molar-refractivity contribution >= 4 is 5.78 Å². The van der Waals surface area contributed by atoms with Gasteiger partial charge >= 0.3 is 0 Å². The molecule has 0 saturated carbocycles. The van der Waals surface area contributed by atoms with E-state index in [1.54, 1.807) is 18.2 Å². The van der Waals surface area contributed by atoms with E-state index < -0.39 is 0 Å². The van der Waals surface area contributed by atoms with E-state index in [1.165, 1.54) is 6.07 Å². The molecule has 110 valence electrons. The Bertz CT molecular complexity index is 816. The Morgan fingerprint density at radius 2 is 2.05 bits per heavy atom. The van der Waals surface area contributed by atoms with Crippen LogP contribution in [0.5, 0.6) is 5.75 Å². The molecule has 0 unspecified atom stereocenters. The smallest absolute Gasteiger partial charge is 0.170 e. The first-order valence-electron chi connectivity index (χ1n) is 7.20. The topological polar surface area (TPSA) is 74.0 Å². The molecular weight excluding hydrogens is 276 g/mol. The van der Waals surface area contributed by atoms with Crippen molar-refractivity contribution in [3.8, 4) is 23.1 Å². The molecule has 22 heavy (non-hydrogen) atoms. The molecule has 0 saturated heterocycles. The van der Waals surface area contributed by atoms with E-state index in [0.29, 0.717) is 11.3 Å². The number of pyridine rings is 1. The molecule has 4 nitrogen and oxygen atoms in total. The molecule has 0 bridgehead atoms. The van der Waals surface area contributed by atoms with Crippen LogP contribution in [0.15, 0.2) is 30.3 Å². The lowest BCUT2D eigenvalue weighted by Gasteiger charge is -2.29. The molecule has 0 aliphatic heterocycles. The fourth-order valence-corrected chi connectivity index (χ4v) is 2.75. The van der Waals surface area contributed by atoms with Gasteiger partial charge in [0.25, 0.3) is 0 Å². The second kappa shape index (κ2) is 4.96. The van der Waals surface area contributed by atoms with Crippen LogP contribution < -0.4 is 0 Å². The summed E-state index contributed by atoms with van der Waals surface area (Å²) in [6, 6.07) is 10.4. The number of aryl methyl sites for hydroxylation is 1. The largest absolute Gasteiger partial charge is 0.507 e. The number of fused-ring (bicyclic) bond motifs is 1. The normalized spacial score (nSPS) is 16.0. The summed E-state index contributed by atoms with van der Waals surface area (Å²) in [4.78, 5) is 17.0. The number of nitriles is 1. The van der Waals surface area contributed by atoms with Crippen LogP contribution in [0.25, 0.3) is 11.3 Å². The van der Waals surface area contributed by atoms with Gasteiger partial charge in [-0.3, -0.25) is 9.78 Å². The van der Waals surface area contributed by atoms with Crippen molar-refractivity contribution in [2.24, 2.45) is 5.41 Å². The predicted molar refractivity (Wildman–Crippen MR) is 82.5 cm³/mol. The van der Waals surface area contributed by atoms with Crippen LogP contribution in [0.4, 0.5) is 0 Å². The lowest BCUT2D eigenvalue weighted by atomic mass is 9.75. The first-order chi connectivity index (χ1) is 10.4. The molecule has 0 fully saturated rings. The number of rotatable bonds is 1. The number of carbonyl (C=O) groups excluding carboxylic acids is 1. The van der Waals surface area contributed by atoms with Crippen molar-refractivity contribution in [1.82, 2.24) is 4.98 Å². The average Bonchev–Trinajstić information content (AvgIpc) is 2.51. The zero-order valence-electron chi connectivity index (χ0n) is 12.6. The molecule has 1 aromatic carbocycles. The molecule has 1 N–H and O–H groups in total. The Labute approximate surface area is 129 Å². The average molecular weight is 292 g/mol. The van der Waals surface area contributed by atoms with Gasteiger partial charge in [0.1, 0.15) is 11.8 Å². The number of nitrogens with zero attached hydrogens (tertiary/aromatic N) is 2. The van der Waals surface area contributed by atoms with E-state index >= 15 is 0 Å². The van der Waals surface area contributed by atoms with Gasteiger partial charge in [0, 0.05) is 16.5 Å². The molecule has 1 heterocycles. The molecule has 2 aromatic rings. The van der Waals surface area contributed by atoms with Gasteiger partial charge in [0.2, 0.25) is 0 Å². The van der Waals surface area contributed by atoms with Gasteiger partial charge < -0.3 is 5.11 Å². The maximum Gasteiger partial charge on any atom is 0.170 e. The Hall–Kier alpha value is -2.67. The number of phenolic OH excluding ortho intramolecular Hbond substituents is 1. The highest BCUT2D eigenvalue weighted by Crippen LogP contribution is 2.35. The summed E-state index contributed by atoms with van der Waals surface area (Å²) in [6.07, 6.45) is 1.55. The Balaban J connectivity index is 2.06. The van der Waals surface area contributed by atoms with Crippen molar-refractivity contribution in [3.05, 3.63) is 47.2 Å². The van der Waals surface area contributed by atoms with Crippen LogP contribution in [-0.4, -0.2) is 15.9 Å². The first-order valence-corrected chi connectivity index (χ1v) is 7.20. The van der Waals surface area contributed by atoms with Crippen LogP contribution in [0.2, 0.25) is 0 Å². The van der Waals surface area contributed by atoms with Crippen molar-refractivity contribution in [3.63, 3.8) is 0 Å². The third kappa shape index (κ3) is 2.25. The van der Waals surface area contributed by atoms with Crippen molar-refractivity contribution in [2.75, 3.05) is 0 Å². The number of aromatic nitrogens is 1. The van der Waals surface area contributed by atoms with E-state index in [9.17, 15) is 9.90 Å². The van der Waals surface area contributed by atoms with Crippen LogP contribution in [0, 0.1) is 16.7 Å². The summed E-state index contributed by atoms with van der Waals surface area (Å²) < 4.78 is 0. The number of benzene rings is 1. The Morgan fingerprint density at radius 1 is 1.27 bits per heavy atom. The number of aromatic hydroxyl groups is 1. The Morgan fingerprint density at radius 3 is 2.77 bits per heavy atom. The molecular formula is C18H16N2O2. The minimum absolute atomic E-state index is 0.0406. The fourth-order valence-electron chi connectivity index (χ4n) is 2.75. The molecule has 1 aliphatic rings. The second-order valence-corrected chi connectivity index (χ2v) is 6.25. The highest BCUT2D eigenvalue weighted by Gasteiger charge is 2.34. The van der Waals surface area contributed by atoms with Crippen LogP contribution in [0.1, 0.15) is 41.9 Å². The van der Waals surface area contributed by atoms with Gasteiger partial charge in [-0.05, 0) is 43.2 Å². The first kappa shape index (κ1) is 14.3. The van der Waals surface area contributed by atoms with E-state index in [1.807, 2.05) is 26.0 Å². The standard InChI is InChI=1S/C18H16N2O2/c1-18(2)8-7-15-13(17(18)22)4-5-14(20-15)11-3-6-16(21)12(9-11)10-19/h3-6,9,21H,7-8H2,1-2H3. The number of phenols is 1. The summed E-state index contributed by atoms with van der Waals surface area (Å²) in [7, 11) is 0. The molecule has 4 heteroatoms. The van der Waals surface area contributed by atoms with Crippen molar-refractivity contribution in [2.45, 2.75) is 26.7 Å². The van der Waals surface area contributed by atoms with Gasteiger partial charge in [-0.2, -0.15) is 5.26 Å². The van der Waals surface area contributed by atoms with E-state index in [4.69, 9.17) is 5.26 Å². The summed E-state index contributed by atoms with van der Waals surface area (Å²) in [5.74, 6) is 0.0948. The van der Waals surface area contributed by atoms with Gasteiger partial charge in [-0.25, -0.2) is 0 Å². The maximum absolute atomic E-state index is 12.4. The fraction of sp³-hybridized carbons (Fsp3) is 0.278. The predicted octanol–water partition coefficient (Wildman–Crippen LogP) is 3.48. The molecule has 0 radical (unpaired) electrons. The molecule has 3 rings (SSSR count). The highest BCUT2D eigenvalue weighted by atomic mass is 16.3. The number of Topliss-reactive ketones (excluding diaryl/α,β-unsaturated/α-hetero) is 1. The van der Waals surface area contributed by atoms with Crippen LogP contribution in [0.3, 0.4) is 0 Å². The lowest BCUT2D eigenvalue weighted by Crippen LogP contribution is -2.31. The van der Waals surface area contributed by atoms with Crippen molar-refractivity contribution in [1.29, 1.82) is 5.26 Å². The third-order valence-electron chi connectivity index (χ3n) is 4.23. The van der Waals surface area contributed by atoms with Gasteiger partial charge in [-0.1, -0.05) is 13.8 Å². The summed E-state index contributed by atoms with van der Waals surface area (Å²) in [5, 5.41) is 18.6. The van der Waals surface area contributed by atoms with Gasteiger partial charge in [0.15, 0.2) is 5.78 Å². The highest BCUT2D eigenvalue weighted by molar-refractivity contribution is 6.02. The van der Waals surface area contributed by atoms with E-state index in [2.05, 4.69) is 4.98 Å². The monoisotopic (exact) mass is 292 g/mol. The number of hydrogen-bond donors (Lipinski definition) is 1. The number of hydrogen-bond acceptors (Lipinski definition) is 4. The Kier molecular flexibility index (Phi) is 3.22. The van der Waals surface area contributed by atoms with Crippen LogP contribution in [-0.2, 0) is 6.42 Å². The van der Waals surface area contributed by atoms with E-state index in [-0.39, 0.29) is 22.5 Å². The summed E-state index contributed by atoms with van der Waals surface area (Å²) in [5.41, 5.74) is 2.86. The van der Waals surface area contributed by atoms with Crippen molar-refractivity contribution < 1.29 is 9.90 Å². The van der Waals surface area contributed by atoms with Gasteiger partial charge in [-0.15, -0.1) is 0 Å². The lowest BCUT2D eigenvalue weighted by molar-refractivity contribution is 0.0809. The quantitative estimate of drug-likeness (QED) is 0.873. The zero-order chi connectivity index (χ0) is 15.9. The van der Waals surface area contributed by atoms with Gasteiger partial charge in [0.05, 0.1) is 17.0 Å². The maximum atomic E-state index is 12.4. The van der Waals surface area contributed by atoms with E-state index in [0.717, 1.165) is 24.1 Å². The number of ketones is 1. The molecule has 0 amide bonds. The molecule has 1 aliphatic carbocycles. The third-order valence-corrected chi connectivity index (χ3v) is 4.23. The summed E-state index contributed by atoms with van der Waals surface area (Å²) >= 11 is 0. The molecule has 0 spiro atoms. The molecule has 1 aromatic heterocycles. The van der Waals surface area contributed by atoms with Crippen LogP contribution >= 0.6 is 0 Å². The minimum Gasteiger partial charge on any atom is -0.507 e. The summed E-state index contributed by atoms with van der Waals surface area (Å²) in [6.45, 7) is 3.93. The SMILES string of the molecule is CC1(C)CCc2nc(-c3ccc(O)c(C#N)c3)ccc2C1=O. The second-order valence-electron chi connectivity index (χ2n) is 6.25. The molecule has 0 atom stereocenters. The zero-order valence-corrected chi connectivity index (χ0v) is 12.6. The number of carbonyl (C=O) groups is 1.